The highest BCUT2D eigenvalue weighted by Crippen LogP contribution is 2.34. The van der Waals surface area contributed by atoms with E-state index in [1.807, 2.05) is 36.1 Å². The highest BCUT2D eigenvalue weighted by molar-refractivity contribution is 7.14. The topological polar surface area (TPSA) is 95.9 Å². The first kappa shape index (κ1) is 21.1. The van der Waals surface area contributed by atoms with Gasteiger partial charge in [0.15, 0.2) is 5.82 Å². The zero-order valence-corrected chi connectivity index (χ0v) is 18.7. The zero-order valence-electron chi connectivity index (χ0n) is 17.9. The molecule has 5 rings (SSSR count). The number of hydrogen-bond donors (Lipinski definition) is 2. The normalized spacial score (nSPS) is 22.8. The number of anilines is 1. The van der Waals surface area contributed by atoms with Crippen LogP contribution in [0.4, 0.5) is 15.0 Å². The third-order valence-corrected chi connectivity index (χ3v) is 7.22. The molecule has 168 valence electrons. The van der Waals surface area contributed by atoms with E-state index in [1.165, 1.54) is 11.3 Å². The summed E-state index contributed by atoms with van der Waals surface area (Å²) in [6, 6.07) is 8.18. The van der Waals surface area contributed by atoms with Gasteiger partial charge in [-0.1, -0.05) is 11.3 Å². The molecule has 0 radical (unpaired) electrons. The number of urea groups is 1. The molecular formula is C22H26FN7OS. The van der Waals surface area contributed by atoms with Gasteiger partial charge in [0.25, 0.3) is 0 Å². The number of alkyl halides is 1. The number of halogens is 1. The maximum Gasteiger partial charge on any atom is 0.323 e. The fourth-order valence-electron chi connectivity index (χ4n) is 4.96. The largest absolute Gasteiger partial charge is 0.323 e. The van der Waals surface area contributed by atoms with Crippen molar-refractivity contribution in [2.75, 3.05) is 18.5 Å². The Labute approximate surface area is 189 Å². The number of nitrogens with zero attached hydrogens (tertiary/aromatic N) is 5. The average molecular weight is 456 g/mol. The summed E-state index contributed by atoms with van der Waals surface area (Å²) in [5.41, 5.74) is 1.72. The van der Waals surface area contributed by atoms with Crippen molar-refractivity contribution >= 4 is 34.1 Å². The molecule has 2 bridgehead atoms. The summed E-state index contributed by atoms with van der Waals surface area (Å²) in [7, 11) is 0. The molecule has 0 aliphatic carbocycles. The lowest BCUT2D eigenvalue weighted by Crippen LogP contribution is -2.59. The molecule has 1 unspecified atom stereocenters. The minimum Gasteiger partial charge on any atom is -0.318 e. The summed E-state index contributed by atoms with van der Waals surface area (Å²) in [6.07, 6.45) is 4.80. The van der Waals surface area contributed by atoms with Crippen LogP contribution in [0.5, 0.6) is 0 Å². The number of piperidine rings is 2. The number of benzene rings is 1. The van der Waals surface area contributed by atoms with Crippen LogP contribution in [0.25, 0.3) is 21.5 Å². The number of aromatic nitrogens is 4. The molecule has 2 aliphatic heterocycles. The predicted molar refractivity (Wildman–Crippen MR) is 122 cm³/mol. The predicted octanol–water partition coefficient (Wildman–Crippen LogP) is 3.93. The van der Waals surface area contributed by atoms with Gasteiger partial charge in [0.1, 0.15) is 16.7 Å². The number of rotatable bonds is 5. The quantitative estimate of drug-likeness (QED) is 0.605. The number of carbonyl (C=O) groups is 1. The Morgan fingerprint density at radius 1 is 1.16 bits per heavy atom. The fourth-order valence-corrected chi connectivity index (χ4v) is 5.65. The summed E-state index contributed by atoms with van der Waals surface area (Å²) < 4.78 is 12.6. The number of aryl methyl sites for hydroxylation is 1. The Hall–Kier alpha value is -2.72. The number of nitrogens with one attached hydrogen (secondary N) is 2. The first-order valence-electron chi connectivity index (χ1n) is 11.1. The van der Waals surface area contributed by atoms with E-state index in [0.717, 1.165) is 58.6 Å². The van der Waals surface area contributed by atoms with Crippen molar-refractivity contribution in [3.63, 3.8) is 0 Å². The lowest BCUT2D eigenvalue weighted by Gasteiger charge is -2.48. The first-order chi connectivity index (χ1) is 15.6. The van der Waals surface area contributed by atoms with Crippen molar-refractivity contribution in [2.45, 2.75) is 57.2 Å². The number of carbonyl (C=O) groups excluding carboxylic acids is 1. The lowest BCUT2D eigenvalue weighted by molar-refractivity contribution is 0.0611. The molecule has 10 heteroatoms. The first-order valence-corrected chi connectivity index (χ1v) is 11.9. The van der Waals surface area contributed by atoms with Gasteiger partial charge in [-0.2, -0.15) is 0 Å². The molecule has 2 N–H and O–H groups in total. The van der Waals surface area contributed by atoms with Crippen LogP contribution in [0.15, 0.2) is 24.3 Å². The Kier molecular flexibility index (Phi) is 5.97. The zero-order chi connectivity index (χ0) is 22.1. The maximum absolute atomic E-state index is 13.2. The fraction of sp³-hybridized carbons (Fsp3) is 0.500. The van der Waals surface area contributed by atoms with Crippen LogP contribution in [-0.2, 0) is 0 Å². The van der Waals surface area contributed by atoms with Gasteiger partial charge in [-0.3, -0.25) is 5.32 Å². The molecule has 2 aromatic heterocycles. The second-order valence-corrected chi connectivity index (χ2v) is 9.70. The molecule has 32 heavy (non-hydrogen) atoms. The van der Waals surface area contributed by atoms with E-state index in [0.29, 0.717) is 12.4 Å². The monoisotopic (exact) mass is 455 g/mol. The minimum absolute atomic E-state index is 0.131. The average Bonchev–Trinajstić information content (AvgIpc) is 3.22. The van der Waals surface area contributed by atoms with Crippen molar-refractivity contribution in [1.29, 1.82) is 0 Å². The van der Waals surface area contributed by atoms with Crippen molar-refractivity contribution in [3.8, 4) is 10.6 Å². The highest BCUT2D eigenvalue weighted by atomic mass is 32.1. The molecule has 2 saturated heterocycles. The van der Waals surface area contributed by atoms with Crippen LogP contribution in [0.1, 0.15) is 37.1 Å². The van der Waals surface area contributed by atoms with Crippen LogP contribution in [0.2, 0.25) is 0 Å². The molecule has 3 aromatic rings. The standard InChI is InChI=1S/C22H26FN7OS/c1-13-26-29-21(32-13)14-5-6-19-15(9-14)10-20(28-27-19)25-22(31)30-17-3-2-4-18(30)12-16(11-17)24-8-7-23/h5-6,9-10,16-18,24H,2-4,7-8,11-12H2,1H3,(H,25,28,31)/t16?,17-,18+. The maximum atomic E-state index is 13.2. The smallest absolute Gasteiger partial charge is 0.318 e. The number of fused-ring (bicyclic) bond motifs is 3. The van der Waals surface area contributed by atoms with E-state index >= 15 is 0 Å². The second-order valence-electron chi connectivity index (χ2n) is 8.52. The van der Waals surface area contributed by atoms with Crippen molar-refractivity contribution in [1.82, 2.24) is 30.6 Å². The van der Waals surface area contributed by atoms with Crippen LogP contribution in [0.3, 0.4) is 0 Å². The van der Waals surface area contributed by atoms with Gasteiger partial charge >= 0.3 is 6.03 Å². The van der Waals surface area contributed by atoms with Gasteiger partial charge in [-0.05, 0) is 63.3 Å². The van der Waals surface area contributed by atoms with E-state index in [-0.39, 0.29) is 30.8 Å². The van der Waals surface area contributed by atoms with Crippen molar-refractivity contribution in [2.24, 2.45) is 0 Å². The summed E-state index contributed by atoms with van der Waals surface area (Å²) in [5, 5.41) is 25.7. The molecule has 0 spiro atoms. The van der Waals surface area contributed by atoms with E-state index in [2.05, 4.69) is 31.0 Å². The van der Waals surface area contributed by atoms with Crippen LogP contribution in [0, 0.1) is 6.92 Å². The van der Waals surface area contributed by atoms with Crippen LogP contribution >= 0.6 is 11.3 Å². The summed E-state index contributed by atoms with van der Waals surface area (Å²) in [5.74, 6) is 0.434. The lowest BCUT2D eigenvalue weighted by atomic mass is 9.82. The van der Waals surface area contributed by atoms with Crippen molar-refractivity contribution < 1.29 is 9.18 Å². The van der Waals surface area contributed by atoms with Gasteiger partial charge in [-0.15, -0.1) is 20.4 Å². The van der Waals surface area contributed by atoms with Gasteiger partial charge in [-0.25, -0.2) is 9.18 Å². The van der Waals surface area contributed by atoms with Crippen molar-refractivity contribution in [3.05, 3.63) is 29.3 Å². The molecule has 2 fully saturated rings. The molecule has 1 aromatic carbocycles. The Bertz CT molecular complexity index is 1110. The molecule has 0 saturated carbocycles. The Morgan fingerprint density at radius 2 is 1.97 bits per heavy atom. The third-order valence-electron chi connectivity index (χ3n) is 6.33. The summed E-state index contributed by atoms with van der Waals surface area (Å²) in [4.78, 5) is 15.2. The van der Waals surface area contributed by atoms with Crippen LogP contribution < -0.4 is 10.6 Å². The third kappa shape index (κ3) is 4.29. The molecule has 2 aliphatic rings. The summed E-state index contributed by atoms with van der Waals surface area (Å²) >= 11 is 1.54. The number of amides is 2. The van der Waals surface area contributed by atoms with E-state index < -0.39 is 0 Å². The van der Waals surface area contributed by atoms with Gasteiger partial charge in [0.2, 0.25) is 0 Å². The summed E-state index contributed by atoms with van der Waals surface area (Å²) in [6.45, 7) is 1.94. The van der Waals surface area contributed by atoms with E-state index in [1.54, 1.807) is 0 Å². The van der Waals surface area contributed by atoms with E-state index in [9.17, 15) is 9.18 Å². The van der Waals surface area contributed by atoms with Gasteiger partial charge < -0.3 is 10.2 Å². The molecule has 2 amide bonds. The Morgan fingerprint density at radius 3 is 2.69 bits per heavy atom. The molecule has 8 nitrogen and oxygen atoms in total. The van der Waals surface area contributed by atoms with Gasteiger partial charge in [0.05, 0.1) is 5.52 Å². The SMILES string of the molecule is Cc1nnc(-c2ccc3nnc(NC(=O)N4[C@@H]5CCC[C@H]4CC(NCCF)C5)cc3c2)s1. The molecule has 4 heterocycles. The molecular weight excluding hydrogens is 429 g/mol. The molecule has 3 atom stereocenters. The highest BCUT2D eigenvalue weighted by Gasteiger charge is 2.40. The van der Waals surface area contributed by atoms with Crippen LogP contribution in [-0.4, -0.2) is 62.7 Å². The minimum atomic E-state index is -0.364. The second kappa shape index (κ2) is 9.03. The number of hydrogen-bond acceptors (Lipinski definition) is 7. The van der Waals surface area contributed by atoms with E-state index in [4.69, 9.17) is 0 Å². The Balaban J connectivity index is 1.33. The van der Waals surface area contributed by atoms with Gasteiger partial charge in [0, 0.05) is 35.6 Å².